The van der Waals surface area contributed by atoms with Crippen LogP contribution in [0.2, 0.25) is 10.3 Å². The summed E-state index contributed by atoms with van der Waals surface area (Å²) in [5, 5.41) is 6.64. The number of anilines is 4. The quantitative estimate of drug-likeness (QED) is 0.325. The zero-order valence-corrected chi connectivity index (χ0v) is 23.7. The first-order valence-electron chi connectivity index (χ1n) is 12.7. The van der Waals surface area contributed by atoms with Gasteiger partial charge in [0.15, 0.2) is 5.82 Å². The molecule has 0 spiro atoms. The highest BCUT2D eigenvalue weighted by Gasteiger charge is 2.19. The summed E-state index contributed by atoms with van der Waals surface area (Å²) < 4.78 is 5.39. The van der Waals surface area contributed by atoms with Crippen LogP contribution in [0.15, 0.2) is 48.7 Å². The van der Waals surface area contributed by atoms with Crippen molar-refractivity contribution >= 4 is 52.2 Å². The van der Waals surface area contributed by atoms with E-state index in [1.807, 2.05) is 45.0 Å². The van der Waals surface area contributed by atoms with Crippen molar-refractivity contribution in [1.82, 2.24) is 14.9 Å². The number of nitrogens with zero attached hydrogens (tertiary/aromatic N) is 4. The lowest BCUT2D eigenvalue weighted by Crippen LogP contribution is -2.44. The van der Waals surface area contributed by atoms with Crippen LogP contribution in [0, 0.1) is 0 Å². The fraction of sp³-hybridized carbons (Fsp3) is 0.393. The SMILES string of the molecule is CN1CCN(c2ccc(Nc3nc(Cl)ncc3Cl)cc2CCc2cccc(NC(=O)OC(C)(C)C)c2)CC1. The largest absolute Gasteiger partial charge is 0.444 e. The Bertz CT molecular complexity index is 1270. The normalized spacial score (nSPS) is 14.3. The van der Waals surface area contributed by atoms with Gasteiger partial charge in [0.2, 0.25) is 5.28 Å². The van der Waals surface area contributed by atoms with Gasteiger partial charge in [-0.3, -0.25) is 5.32 Å². The van der Waals surface area contributed by atoms with Gasteiger partial charge >= 0.3 is 6.09 Å². The molecule has 1 aliphatic heterocycles. The van der Waals surface area contributed by atoms with Crippen molar-refractivity contribution in [1.29, 1.82) is 0 Å². The number of halogens is 2. The molecule has 0 aliphatic carbocycles. The molecule has 3 aromatic rings. The predicted molar refractivity (Wildman–Crippen MR) is 155 cm³/mol. The third-order valence-corrected chi connectivity index (χ3v) is 6.61. The van der Waals surface area contributed by atoms with Crippen LogP contribution in [-0.2, 0) is 17.6 Å². The molecule has 2 aromatic carbocycles. The molecule has 0 unspecified atom stereocenters. The minimum Gasteiger partial charge on any atom is -0.444 e. The minimum absolute atomic E-state index is 0.131. The van der Waals surface area contributed by atoms with Gasteiger partial charge in [0, 0.05) is 43.2 Å². The highest BCUT2D eigenvalue weighted by Crippen LogP contribution is 2.30. The summed E-state index contributed by atoms with van der Waals surface area (Å²) in [6.07, 6.45) is 2.63. The number of amides is 1. The number of hydrogen-bond acceptors (Lipinski definition) is 7. The summed E-state index contributed by atoms with van der Waals surface area (Å²) in [5.74, 6) is 0.464. The summed E-state index contributed by atoms with van der Waals surface area (Å²) >= 11 is 12.3. The molecular weight excluding hydrogens is 523 g/mol. The number of benzene rings is 2. The van der Waals surface area contributed by atoms with E-state index in [1.165, 1.54) is 17.4 Å². The van der Waals surface area contributed by atoms with E-state index in [0.717, 1.165) is 50.3 Å². The van der Waals surface area contributed by atoms with Crippen molar-refractivity contribution in [2.45, 2.75) is 39.2 Å². The van der Waals surface area contributed by atoms with Gasteiger partial charge in [-0.05, 0) is 93.7 Å². The Balaban J connectivity index is 1.53. The van der Waals surface area contributed by atoms with E-state index in [9.17, 15) is 4.79 Å². The number of rotatable bonds is 7. The molecule has 4 rings (SSSR count). The van der Waals surface area contributed by atoms with E-state index in [4.69, 9.17) is 27.9 Å². The van der Waals surface area contributed by atoms with E-state index in [1.54, 1.807) is 0 Å². The number of nitrogens with one attached hydrogen (secondary N) is 2. The van der Waals surface area contributed by atoms with Crippen molar-refractivity contribution in [2.24, 2.45) is 0 Å². The molecule has 1 saturated heterocycles. The van der Waals surface area contributed by atoms with Gasteiger partial charge in [-0.15, -0.1) is 0 Å². The molecule has 0 bridgehead atoms. The molecule has 1 aliphatic rings. The highest BCUT2D eigenvalue weighted by molar-refractivity contribution is 6.33. The molecule has 38 heavy (non-hydrogen) atoms. The van der Waals surface area contributed by atoms with E-state index in [-0.39, 0.29) is 5.28 Å². The van der Waals surface area contributed by atoms with Crippen molar-refractivity contribution in [3.05, 3.63) is 70.1 Å². The molecule has 1 aromatic heterocycles. The van der Waals surface area contributed by atoms with Crippen molar-refractivity contribution in [2.75, 3.05) is 48.8 Å². The molecule has 10 heteroatoms. The smallest absolute Gasteiger partial charge is 0.412 e. The third-order valence-electron chi connectivity index (χ3n) is 6.16. The second-order valence-corrected chi connectivity index (χ2v) is 11.2. The summed E-state index contributed by atoms with van der Waals surface area (Å²) in [6, 6.07) is 14.2. The molecular formula is C28H34Cl2N6O2. The van der Waals surface area contributed by atoms with Gasteiger partial charge < -0.3 is 19.9 Å². The molecule has 0 radical (unpaired) electrons. The number of carbonyl (C=O) groups excluding carboxylic acids is 1. The van der Waals surface area contributed by atoms with E-state index >= 15 is 0 Å². The summed E-state index contributed by atoms with van der Waals surface area (Å²) in [4.78, 5) is 25.1. The number of hydrogen-bond donors (Lipinski definition) is 2. The monoisotopic (exact) mass is 556 g/mol. The zero-order valence-electron chi connectivity index (χ0n) is 22.2. The maximum absolute atomic E-state index is 12.2. The predicted octanol–water partition coefficient (Wildman–Crippen LogP) is 6.41. The van der Waals surface area contributed by atoms with Gasteiger partial charge in [-0.2, -0.15) is 4.98 Å². The fourth-order valence-electron chi connectivity index (χ4n) is 4.29. The molecule has 0 atom stereocenters. The molecule has 0 saturated carbocycles. The summed E-state index contributed by atoms with van der Waals surface area (Å²) in [5.41, 5.74) is 4.57. The Hall–Kier alpha value is -3.07. The molecule has 8 nitrogen and oxygen atoms in total. The van der Waals surface area contributed by atoms with Crippen LogP contribution in [0.5, 0.6) is 0 Å². The van der Waals surface area contributed by atoms with Crippen molar-refractivity contribution in [3.63, 3.8) is 0 Å². The van der Waals surface area contributed by atoms with E-state index in [0.29, 0.717) is 16.5 Å². The summed E-state index contributed by atoms with van der Waals surface area (Å²) in [7, 11) is 2.15. The standard InChI is InChI=1S/C28H34Cl2N6O2/c1-28(2,3)38-27(37)33-21-7-5-6-19(16-21)8-9-20-17-22(32-25-23(29)18-31-26(30)34-25)10-11-24(20)36-14-12-35(4)13-15-36/h5-7,10-11,16-18H,8-9,12-15H2,1-4H3,(H,33,37)(H,31,32,34). The Labute approximate surface area is 234 Å². The van der Waals surface area contributed by atoms with Crippen molar-refractivity contribution in [3.8, 4) is 0 Å². The molecule has 1 fully saturated rings. The Morgan fingerprint density at radius 2 is 1.79 bits per heavy atom. The molecule has 202 valence electrons. The number of likely N-dealkylation sites (N-methyl/N-ethyl adjacent to an activating group) is 1. The van der Waals surface area contributed by atoms with Gasteiger partial charge in [-0.25, -0.2) is 9.78 Å². The van der Waals surface area contributed by atoms with Gasteiger partial charge in [0.05, 0.1) is 6.20 Å². The Morgan fingerprint density at radius 3 is 2.53 bits per heavy atom. The third kappa shape index (κ3) is 7.96. The van der Waals surface area contributed by atoms with Crippen LogP contribution in [0.4, 0.5) is 27.7 Å². The van der Waals surface area contributed by atoms with Crippen LogP contribution in [-0.4, -0.2) is 59.8 Å². The first kappa shape index (κ1) is 28.0. The van der Waals surface area contributed by atoms with Crippen LogP contribution in [0.3, 0.4) is 0 Å². The van der Waals surface area contributed by atoms with Crippen LogP contribution in [0.1, 0.15) is 31.9 Å². The maximum atomic E-state index is 12.2. The average Bonchev–Trinajstić information content (AvgIpc) is 2.85. The zero-order chi connectivity index (χ0) is 27.3. The Kier molecular flexibility index (Phi) is 8.97. The van der Waals surface area contributed by atoms with E-state index < -0.39 is 11.7 Å². The topological polar surface area (TPSA) is 82.6 Å². The van der Waals surface area contributed by atoms with Crippen LogP contribution in [0.25, 0.3) is 0 Å². The number of aryl methyl sites for hydroxylation is 2. The first-order valence-corrected chi connectivity index (χ1v) is 13.4. The molecule has 1 amide bonds. The van der Waals surface area contributed by atoms with Gasteiger partial charge in [0.25, 0.3) is 0 Å². The first-order chi connectivity index (χ1) is 18.1. The highest BCUT2D eigenvalue weighted by atomic mass is 35.5. The Morgan fingerprint density at radius 1 is 1.03 bits per heavy atom. The summed E-state index contributed by atoms with van der Waals surface area (Å²) in [6.45, 7) is 9.52. The minimum atomic E-state index is -0.554. The second kappa shape index (κ2) is 12.2. The van der Waals surface area contributed by atoms with E-state index in [2.05, 4.69) is 55.6 Å². The van der Waals surface area contributed by atoms with Crippen molar-refractivity contribution < 1.29 is 9.53 Å². The lowest BCUT2D eigenvalue weighted by molar-refractivity contribution is 0.0636. The lowest BCUT2D eigenvalue weighted by Gasteiger charge is -2.35. The second-order valence-electron chi connectivity index (χ2n) is 10.4. The number of aromatic nitrogens is 2. The molecule has 2 heterocycles. The number of ether oxygens (including phenoxy) is 1. The van der Waals surface area contributed by atoms with Crippen LogP contribution >= 0.6 is 23.2 Å². The van der Waals surface area contributed by atoms with Gasteiger partial charge in [0.1, 0.15) is 10.6 Å². The number of carbonyl (C=O) groups is 1. The fourth-order valence-corrected chi connectivity index (χ4v) is 4.57. The lowest BCUT2D eigenvalue weighted by atomic mass is 10.0. The maximum Gasteiger partial charge on any atom is 0.412 e. The molecule has 2 N–H and O–H groups in total. The van der Waals surface area contributed by atoms with Gasteiger partial charge in [-0.1, -0.05) is 23.7 Å². The van der Waals surface area contributed by atoms with Crippen LogP contribution < -0.4 is 15.5 Å². The average molecular weight is 558 g/mol. The number of piperazine rings is 1.